The number of amides is 1. The van der Waals surface area contributed by atoms with Crippen molar-refractivity contribution >= 4 is 32.5 Å². The first-order chi connectivity index (χ1) is 16.8. The molecule has 4 aromatic rings. The Morgan fingerprint density at radius 3 is 2.29 bits per heavy atom. The monoisotopic (exact) mass is 492 g/mol. The molecular weight excluding hydrogens is 472 g/mol. The number of sulfonamides is 1. The summed E-state index contributed by atoms with van der Waals surface area (Å²) in [6, 6.07) is 19.4. The van der Waals surface area contributed by atoms with Gasteiger partial charge in [-0.2, -0.15) is 4.31 Å². The Morgan fingerprint density at radius 2 is 1.63 bits per heavy atom. The average Bonchev–Trinajstić information content (AvgIpc) is 3.32. The van der Waals surface area contributed by atoms with E-state index in [1.54, 1.807) is 23.1 Å². The van der Waals surface area contributed by atoms with E-state index in [2.05, 4.69) is 5.16 Å². The summed E-state index contributed by atoms with van der Waals surface area (Å²) in [6.45, 7) is 0.683. The summed E-state index contributed by atoms with van der Waals surface area (Å²) in [4.78, 5) is 25.0. The molecule has 1 saturated heterocycles. The first-order valence-electron chi connectivity index (χ1n) is 10.8. The second kappa shape index (κ2) is 8.93. The summed E-state index contributed by atoms with van der Waals surface area (Å²) >= 11 is 0. The van der Waals surface area contributed by atoms with Crippen molar-refractivity contribution in [1.29, 1.82) is 0 Å². The van der Waals surface area contributed by atoms with Gasteiger partial charge in [0, 0.05) is 49.4 Å². The first-order valence-corrected chi connectivity index (χ1v) is 12.3. The highest BCUT2D eigenvalue weighted by atomic mass is 32.2. The molecule has 1 aromatic heterocycles. The van der Waals surface area contributed by atoms with E-state index in [0.717, 1.165) is 23.1 Å². The maximum absolute atomic E-state index is 13.2. The van der Waals surface area contributed by atoms with Crippen molar-refractivity contribution in [2.24, 2.45) is 0 Å². The van der Waals surface area contributed by atoms with Crippen LogP contribution in [0.25, 0.3) is 22.2 Å². The first kappa shape index (κ1) is 22.7. The van der Waals surface area contributed by atoms with Crippen molar-refractivity contribution in [2.45, 2.75) is 4.90 Å². The quantitative estimate of drug-likeness (QED) is 0.308. The highest BCUT2D eigenvalue weighted by Crippen LogP contribution is 2.30. The predicted octanol–water partition coefficient (Wildman–Crippen LogP) is 3.55. The van der Waals surface area contributed by atoms with Gasteiger partial charge in [-0.3, -0.25) is 14.9 Å². The third-order valence-corrected chi connectivity index (χ3v) is 7.88. The zero-order chi connectivity index (χ0) is 24.6. The van der Waals surface area contributed by atoms with Crippen LogP contribution in [0.2, 0.25) is 0 Å². The molecule has 0 N–H and O–H groups in total. The molecule has 1 amide bonds. The molecule has 3 aromatic carbocycles. The molecule has 178 valence electrons. The van der Waals surface area contributed by atoms with E-state index in [1.165, 1.54) is 16.4 Å². The van der Waals surface area contributed by atoms with Crippen molar-refractivity contribution in [1.82, 2.24) is 14.4 Å². The lowest BCUT2D eigenvalue weighted by Gasteiger charge is -2.34. The van der Waals surface area contributed by atoms with E-state index in [9.17, 15) is 23.3 Å². The second-order valence-electron chi connectivity index (χ2n) is 8.06. The second-order valence-corrected chi connectivity index (χ2v) is 9.99. The number of hydrogen-bond acceptors (Lipinski definition) is 7. The molecule has 0 radical (unpaired) electrons. The smallest absolute Gasteiger partial charge is 0.269 e. The Labute approximate surface area is 200 Å². The summed E-state index contributed by atoms with van der Waals surface area (Å²) in [5.74, 6) is 0.369. The SMILES string of the molecule is O=C(c1ccc2noc(-c3ccccc3)c2c1)N1CCN(S(=O)(=O)c2ccc([N+](=O)[O-])cc2)CC1. The normalized spacial score (nSPS) is 14.8. The van der Waals surface area contributed by atoms with Crippen LogP contribution in [0.15, 0.2) is 82.2 Å². The van der Waals surface area contributed by atoms with Crippen LogP contribution in [0, 0.1) is 10.1 Å². The molecule has 0 bridgehead atoms. The van der Waals surface area contributed by atoms with Gasteiger partial charge >= 0.3 is 0 Å². The van der Waals surface area contributed by atoms with Crippen molar-refractivity contribution in [3.05, 3.63) is 88.5 Å². The summed E-state index contributed by atoms with van der Waals surface area (Å²) in [5, 5.41) is 15.6. The summed E-state index contributed by atoms with van der Waals surface area (Å²) in [6.07, 6.45) is 0. The van der Waals surface area contributed by atoms with Gasteiger partial charge in [-0.15, -0.1) is 0 Å². The van der Waals surface area contributed by atoms with Crippen molar-refractivity contribution in [2.75, 3.05) is 26.2 Å². The lowest BCUT2D eigenvalue weighted by molar-refractivity contribution is -0.384. The van der Waals surface area contributed by atoms with Gasteiger partial charge in [0.1, 0.15) is 5.52 Å². The van der Waals surface area contributed by atoms with Gasteiger partial charge in [-0.1, -0.05) is 35.5 Å². The van der Waals surface area contributed by atoms with Crippen LogP contribution in [-0.4, -0.2) is 59.8 Å². The van der Waals surface area contributed by atoms with Crippen molar-refractivity contribution in [3.8, 4) is 11.3 Å². The molecule has 0 saturated carbocycles. The van der Waals surface area contributed by atoms with Crippen LogP contribution in [0.4, 0.5) is 5.69 Å². The highest BCUT2D eigenvalue weighted by molar-refractivity contribution is 7.89. The third-order valence-electron chi connectivity index (χ3n) is 5.97. The number of hydrogen-bond donors (Lipinski definition) is 0. The number of carbonyl (C=O) groups is 1. The van der Waals surface area contributed by atoms with Crippen LogP contribution in [0.1, 0.15) is 10.4 Å². The summed E-state index contributed by atoms with van der Waals surface area (Å²) in [7, 11) is -3.82. The molecule has 1 aliphatic rings. The minimum Gasteiger partial charge on any atom is -0.355 e. The maximum Gasteiger partial charge on any atom is 0.269 e. The Hall–Kier alpha value is -4.09. The van der Waals surface area contributed by atoms with Crippen molar-refractivity contribution < 1.29 is 22.7 Å². The van der Waals surface area contributed by atoms with Gasteiger partial charge in [0.2, 0.25) is 10.0 Å². The van der Waals surface area contributed by atoms with E-state index < -0.39 is 14.9 Å². The largest absolute Gasteiger partial charge is 0.355 e. The number of nitro groups is 1. The Balaban J connectivity index is 1.31. The highest BCUT2D eigenvalue weighted by Gasteiger charge is 2.31. The lowest BCUT2D eigenvalue weighted by atomic mass is 10.1. The van der Waals surface area contributed by atoms with Gasteiger partial charge in [-0.25, -0.2) is 8.42 Å². The van der Waals surface area contributed by atoms with Gasteiger partial charge in [0.05, 0.1) is 15.2 Å². The van der Waals surface area contributed by atoms with Crippen LogP contribution in [0.5, 0.6) is 0 Å². The fraction of sp³-hybridized carbons (Fsp3) is 0.167. The number of nitrogens with zero attached hydrogens (tertiary/aromatic N) is 4. The van der Waals surface area contributed by atoms with Gasteiger partial charge in [0.15, 0.2) is 5.76 Å². The fourth-order valence-electron chi connectivity index (χ4n) is 4.08. The Kier molecular flexibility index (Phi) is 5.79. The number of aromatic nitrogens is 1. The summed E-state index contributed by atoms with van der Waals surface area (Å²) in [5.41, 5.74) is 1.77. The molecule has 0 unspecified atom stereocenters. The molecule has 0 aliphatic carbocycles. The zero-order valence-electron chi connectivity index (χ0n) is 18.4. The molecule has 35 heavy (non-hydrogen) atoms. The average molecular weight is 493 g/mol. The van der Waals surface area contributed by atoms with E-state index in [4.69, 9.17) is 4.52 Å². The molecule has 10 nitrogen and oxygen atoms in total. The number of carbonyl (C=O) groups excluding carboxylic acids is 1. The van der Waals surface area contributed by atoms with E-state index in [0.29, 0.717) is 16.8 Å². The molecular formula is C24H20N4O6S. The fourth-order valence-corrected chi connectivity index (χ4v) is 5.50. The zero-order valence-corrected chi connectivity index (χ0v) is 19.2. The minimum atomic E-state index is -3.82. The Morgan fingerprint density at radius 1 is 0.943 bits per heavy atom. The van der Waals surface area contributed by atoms with E-state index in [1.807, 2.05) is 30.3 Å². The minimum absolute atomic E-state index is 0.0192. The molecule has 0 atom stereocenters. The third kappa shape index (κ3) is 4.27. The number of piperazine rings is 1. The van der Waals surface area contributed by atoms with Crippen LogP contribution in [-0.2, 0) is 10.0 Å². The lowest BCUT2D eigenvalue weighted by Crippen LogP contribution is -2.50. The van der Waals surface area contributed by atoms with E-state index in [-0.39, 0.29) is 42.7 Å². The molecule has 5 rings (SSSR count). The molecule has 1 aliphatic heterocycles. The number of rotatable bonds is 5. The van der Waals surface area contributed by atoms with Gasteiger partial charge in [-0.05, 0) is 30.3 Å². The molecule has 2 heterocycles. The van der Waals surface area contributed by atoms with Crippen LogP contribution < -0.4 is 0 Å². The maximum atomic E-state index is 13.2. The number of nitro benzene ring substituents is 1. The van der Waals surface area contributed by atoms with Gasteiger partial charge in [0.25, 0.3) is 11.6 Å². The Bertz CT molecular complexity index is 1510. The van der Waals surface area contributed by atoms with Crippen LogP contribution in [0.3, 0.4) is 0 Å². The van der Waals surface area contributed by atoms with E-state index >= 15 is 0 Å². The summed E-state index contributed by atoms with van der Waals surface area (Å²) < 4.78 is 32.7. The number of fused-ring (bicyclic) bond motifs is 1. The van der Waals surface area contributed by atoms with Crippen molar-refractivity contribution in [3.63, 3.8) is 0 Å². The molecule has 1 fully saturated rings. The standard InChI is InChI=1S/C24H20N4O6S/c29-24(18-6-11-22-21(16-18)23(34-25-22)17-4-2-1-3-5-17)26-12-14-27(15-13-26)35(32,33)20-9-7-19(8-10-20)28(30)31/h1-11,16H,12-15H2. The molecule has 0 spiro atoms. The topological polar surface area (TPSA) is 127 Å². The van der Waals surface area contributed by atoms with Gasteiger partial charge < -0.3 is 9.42 Å². The predicted molar refractivity (Wildman–Crippen MR) is 127 cm³/mol. The van der Waals surface area contributed by atoms with Crippen LogP contribution >= 0.6 is 0 Å². The number of non-ortho nitro benzene ring substituents is 1. The molecule has 11 heteroatoms. The number of benzene rings is 3.